The number of hydrogen-bond donors (Lipinski definition) is 1. The predicted octanol–water partition coefficient (Wildman–Crippen LogP) is 0.931. The standard InChI is InChI=1S/C14H20N8O2S/c1-10(11-6-22-14(18-11)25-9-16-22)17-13(23)20(2)7-12-19-15-8-21(12)4-5-24-3/h6,8-10H,4-5,7H2,1-3H3,(H,17,23)/t10-/m1/s1. The van der Waals surface area contributed by atoms with Crippen molar-refractivity contribution >= 4 is 22.3 Å². The number of urea groups is 1. The highest BCUT2D eigenvalue weighted by Gasteiger charge is 2.18. The number of aromatic nitrogens is 6. The van der Waals surface area contributed by atoms with Gasteiger partial charge in [0.05, 0.1) is 31.1 Å². The van der Waals surface area contributed by atoms with Crippen molar-refractivity contribution in [3.05, 3.63) is 29.6 Å². The van der Waals surface area contributed by atoms with Crippen LogP contribution in [0.4, 0.5) is 4.79 Å². The van der Waals surface area contributed by atoms with E-state index in [1.807, 2.05) is 17.7 Å². The second-order valence-corrected chi connectivity index (χ2v) is 6.40. The monoisotopic (exact) mass is 364 g/mol. The highest BCUT2D eigenvalue weighted by atomic mass is 32.1. The van der Waals surface area contributed by atoms with Gasteiger partial charge < -0.3 is 19.5 Å². The van der Waals surface area contributed by atoms with E-state index in [2.05, 4.69) is 25.6 Å². The summed E-state index contributed by atoms with van der Waals surface area (Å²) in [5, 5.41) is 15.0. The van der Waals surface area contributed by atoms with E-state index in [4.69, 9.17) is 4.74 Å². The molecule has 3 rings (SSSR count). The van der Waals surface area contributed by atoms with Crippen LogP contribution in [-0.2, 0) is 17.8 Å². The zero-order chi connectivity index (χ0) is 17.8. The molecular formula is C14H20N8O2S. The maximum absolute atomic E-state index is 12.4. The Morgan fingerprint density at radius 2 is 2.36 bits per heavy atom. The average Bonchev–Trinajstić information content (AvgIpc) is 3.28. The minimum atomic E-state index is -0.227. The number of nitrogens with zero attached hydrogens (tertiary/aromatic N) is 7. The van der Waals surface area contributed by atoms with Gasteiger partial charge in [0.2, 0.25) is 4.96 Å². The van der Waals surface area contributed by atoms with Gasteiger partial charge in [0.15, 0.2) is 5.82 Å². The van der Waals surface area contributed by atoms with E-state index in [9.17, 15) is 4.79 Å². The van der Waals surface area contributed by atoms with Crippen LogP contribution in [0.1, 0.15) is 24.5 Å². The first-order valence-electron chi connectivity index (χ1n) is 7.74. The molecule has 0 spiro atoms. The third kappa shape index (κ3) is 3.94. The second kappa shape index (κ2) is 7.57. The highest BCUT2D eigenvalue weighted by Crippen LogP contribution is 2.15. The van der Waals surface area contributed by atoms with E-state index in [1.54, 1.807) is 35.4 Å². The zero-order valence-corrected chi connectivity index (χ0v) is 15.1. The molecule has 3 heterocycles. The van der Waals surface area contributed by atoms with Crippen molar-refractivity contribution in [3.63, 3.8) is 0 Å². The Morgan fingerprint density at radius 3 is 3.12 bits per heavy atom. The fourth-order valence-electron chi connectivity index (χ4n) is 2.30. The lowest BCUT2D eigenvalue weighted by Crippen LogP contribution is -2.38. The fourth-order valence-corrected chi connectivity index (χ4v) is 2.90. The van der Waals surface area contributed by atoms with Gasteiger partial charge >= 0.3 is 6.03 Å². The van der Waals surface area contributed by atoms with Gasteiger partial charge in [0.25, 0.3) is 0 Å². The number of methoxy groups -OCH3 is 1. The minimum absolute atomic E-state index is 0.210. The Bertz CT molecular complexity index is 812. The fraction of sp³-hybridized carbons (Fsp3) is 0.500. The summed E-state index contributed by atoms with van der Waals surface area (Å²) in [5.74, 6) is 0.703. The Hall–Kier alpha value is -2.53. The first-order valence-corrected chi connectivity index (χ1v) is 8.62. The molecule has 2 amide bonds. The number of rotatable bonds is 7. The van der Waals surface area contributed by atoms with E-state index >= 15 is 0 Å². The molecule has 0 bridgehead atoms. The molecule has 0 aliphatic rings. The van der Waals surface area contributed by atoms with E-state index in [1.165, 1.54) is 11.3 Å². The Balaban J connectivity index is 1.58. The molecule has 25 heavy (non-hydrogen) atoms. The number of imidazole rings is 1. The lowest BCUT2D eigenvalue weighted by atomic mass is 10.2. The topological polar surface area (TPSA) is 102 Å². The van der Waals surface area contributed by atoms with Crippen LogP contribution >= 0.6 is 11.3 Å². The van der Waals surface area contributed by atoms with Crippen molar-refractivity contribution in [1.29, 1.82) is 0 Å². The lowest BCUT2D eigenvalue weighted by Gasteiger charge is -2.20. The van der Waals surface area contributed by atoms with Crippen LogP contribution < -0.4 is 5.32 Å². The number of ether oxygens (including phenoxy) is 1. The molecule has 10 nitrogen and oxygen atoms in total. The smallest absolute Gasteiger partial charge is 0.318 e. The van der Waals surface area contributed by atoms with Gasteiger partial charge in [-0.2, -0.15) is 5.10 Å². The minimum Gasteiger partial charge on any atom is -0.383 e. The summed E-state index contributed by atoms with van der Waals surface area (Å²) in [6, 6.07) is -0.437. The molecule has 1 N–H and O–H groups in total. The Kier molecular flexibility index (Phi) is 5.24. The van der Waals surface area contributed by atoms with Gasteiger partial charge in [-0.1, -0.05) is 11.3 Å². The summed E-state index contributed by atoms with van der Waals surface area (Å²) in [4.78, 5) is 19.2. The number of hydrogen-bond acceptors (Lipinski definition) is 7. The quantitative estimate of drug-likeness (QED) is 0.669. The van der Waals surface area contributed by atoms with E-state index < -0.39 is 0 Å². The van der Waals surface area contributed by atoms with Crippen molar-refractivity contribution < 1.29 is 9.53 Å². The predicted molar refractivity (Wildman–Crippen MR) is 91.2 cm³/mol. The molecule has 0 saturated heterocycles. The average molecular weight is 364 g/mol. The van der Waals surface area contributed by atoms with Crippen molar-refractivity contribution in [2.75, 3.05) is 20.8 Å². The summed E-state index contributed by atoms with van der Waals surface area (Å²) in [6.07, 6.45) is 3.45. The maximum atomic E-state index is 12.4. The number of carbonyl (C=O) groups is 1. The summed E-state index contributed by atoms with van der Waals surface area (Å²) in [5.41, 5.74) is 2.49. The van der Waals surface area contributed by atoms with E-state index in [-0.39, 0.29) is 12.1 Å². The van der Waals surface area contributed by atoms with E-state index in [0.717, 1.165) is 10.7 Å². The van der Waals surface area contributed by atoms with Gasteiger partial charge in [0, 0.05) is 20.7 Å². The molecule has 0 aromatic carbocycles. The molecule has 0 aliphatic carbocycles. The normalized spacial score (nSPS) is 12.4. The van der Waals surface area contributed by atoms with Crippen LogP contribution in [0.2, 0.25) is 0 Å². The van der Waals surface area contributed by atoms with Crippen molar-refractivity contribution in [2.24, 2.45) is 0 Å². The van der Waals surface area contributed by atoms with Gasteiger partial charge in [-0.3, -0.25) is 0 Å². The molecule has 0 aliphatic heterocycles. The molecule has 0 radical (unpaired) electrons. The van der Waals surface area contributed by atoms with E-state index in [0.29, 0.717) is 25.5 Å². The summed E-state index contributed by atoms with van der Waals surface area (Å²) >= 11 is 1.45. The van der Waals surface area contributed by atoms with Gasteiger partial charge in [0.1, 0.15) is 11.8 Å². The molecule has 3 aromatic heterocycles. The van der Waals surface area contributed by atoms with Crippen LogP contribution in [-0.4, -0.2) is 61.1 Å². The number of fused-ring (bicyclic) bond motifs is 1. The number of carbonyl (C=O) groups excluding carboxylic acids is 1. The van der Waals surface area contributed by atoms with Crippen molar-refractivity contribution in [3.8, 4) is 0 Å². The van der Waals surface area contributed by atoms with Crippen LogP contribution in [0.5, 0.6) is 0 Å². The maximum Gasteiger partial charge on any atom is 0.318 e. The molecule has 0 unspecified atom stereocenters. The van der Waals surface area contributed by atoms with Crippen molar-refractivity contribution in [2.45, 2.75) is 26.1 Å². The summed E-state index contributed by atoms with van der Waals surface area (Å²) in [7, 11) is 3.35. The van der Waals surface area contributed by atoms with Crippen LogP contribution in [0.25, 0.3) is 4.96 Å². The Morgan fingerprint density at radius 1 is 1.52 bits per heavy atom. The first kappa shape index (κ1) is 17.3. The largest absolute Gasteiger partial charge is 0.383 e. The third-order valence-electron chi connectivity index (χ3n) is 3.75. The first-order chi connectivity index (χ1) is 12.1. The van der Waals surface area contributed by atoms with Crippen molar-refractivity contribution in [1.82, 2.24) is 39.6 Å². The molecule has 0 fully saturated rings. The molecular weight excluding hydrogens is 344 g/mol. The summed E-state index contributed by atoms with van der Waals surface area (Å²) < 4.78 is 8.63. The van der Waals surface area contributed by atoms with Crippen LogP contribution in [0, 0.1) is 0 Å². The van der Waals surface area contributed by atoms with Crippen LogP contribution in [0.15, 0.2) is 18.0 Å². The molecule has 0 saturated carbocycles. The number of nitrogens with one attached hydrogen (secondary N) is 1. The molecule has 11 heteroatoms. The molecule has 3 aromatic rings. The third-order valence-corrected chi connectivity index (χ3v) is 4.43. The number of amides is 2. The van der Waals surface area contributed by atoms with Gasteiger partial charge in [-0.15, -0.1) is 10.2 Å². The summed E-state index contributed by atoms with van der Waals surface area (Å²) in [6.45, 7) is 3.44. The highest BCUT2D eigenvalue weighted by molar-refractivity contribution is 7.14. The lowest BCUT2D eigenvalue weighted by molar-refractivity contribution is 0.183. The zero-order valence-electron chi connectivity index (χ0n) is 14.3. The SMILES string of the molecule is COCCn1cnnc1CN(C)C(=O)N[C@H](C)c1cn2ncsc2n1. The second-order valence-electron chi connectivity index (χ2n) is 5.59. The van der Waals surface area contributed by atoms with Crippen LogP contribution in [0.3, 0.4) is 0 Å². The Labute approximate surface area is 148 Å². The molecule has 134 valence electrons. The van der Waals surface area contributed by atoms with Gasteiger partial charge in [-0.05, 0) is 6.92 Å². The van der Waals surface area contributed by atoms with Gasteiger partial charge in [-0.25, -0.2) is 14.3 Å². The molecule has 1 atom stereocenters.